The summed E-state index contributed by atoms with van der Waals surface area (Å²) in [6.07, 6.45) is 0. The van der Waals surface area contributed by atoms with E-state index in [0.29, 0.717) is 11.0 Å². The summed E-state index contributed by atoms with van der Waals surface area (Å²) in [5.41, 5.74) is 0.0114. The number of nitrogens with one attached hydrogen (secondary N) is 2. The smallest absolute Gasteiger partial charge is 0.292 e. The molecule has 0 aliphatic rings. The van der Waals surface area contributed by atoms with E-state index in [1.165, 1.54) is 18.2 Å². The van der Waals surface area contributed by atoms with E-state index in [2.05, 4.69) is 5.32 Å². The maximum atomic E-state index is 12.7. The predicted octanol–water partition coefficient (Wildman–Crippen LogP) is 4.23. The molecule has 0 aliphatic heterocycles. The first-order valence-electron chi connectivity index (χ1n) is 8.09. The number of para-hydroxylation sites is 2. The third kappa shape index (κ3) is 2.91. The Kier molecular flexibility index (Phi) is 3.89. The molecule has 0 atom stereocenters. The Morgan fingerprint density at radius 1 is 1.00 bits per heavy atom. The molecular formula is C20H13N3O4. The molecular weight excluding hydrogens is 346 g/mol. The molecule has 2 N–H and O–H groups in total. The van der Waals surface area contributed by atoms with Crippen molar-refractivity contribution in [2.24, 2.45) is 0 Å². The van der Waals surface area contributed by atoms with E-state index in [0.717, 1.165) is 10.8 Å². The lowest BCUT2D eigenvalue weighted by Gasteiger charge is -2.08. The Morgan fingerprint density at radius 2 is 1.74 bits per heavy atom. The lowest BCUT2D eigenvalue weighted by molar-refractivity contribution is -0.383. The molecule has 0 bridgehead atoms. The SMILES string of the molecule is N=c1oc2ccc3ccccc3c2cc1C(=O)Nc1ccccc1[N+](=O)[O-]. The number of nitrogens with zero attached hydrogens (tertiary/aromatic N) is 1. The predicted molar refractivity (Wildman–Crippen MR) is 101 cm³/mol. The third-order valence-corrected chi connectivity index (χ3v) is 4.27. The fraction of sp³-hybridized carbons (Fsp3) is 0. The molecule has 0 radical (unpaired) electrons. The minimum Gasteiger partial charge on any atom is -0.438 e. The van der Waals surface area contributed by atoms with E-state index in [9.17, 15) is 14.9 Å². The summed E-state index contributed by atoms with van der Waals surface area (Å²) in [5.74, 6) is -0.645. The number of amides is 1. The minimum absolute atomic E-state index is 0.00277. The summed E-state index contributed by atoms with van der Waals surface area (Å²) in [7, 11) is 0. The number of benzene rings is 3. The van der Waals surface area contributed by atoms with Gasteiger partial charge in [-0.15, -0.1) is 0 Å². The Bertz CT molecular complexity index is 1280. The highest BCUT2D eigenvalue weighted by Gasteiger charge is 2.18. The van der Waals surface area contributed by atoms with E-state index in [-0.39, 0.29) is 22.5 Å². The summed E-state index contributed by atoms with van der Waals surface area (Å²) in [4.78, 5) is 23.2. The summed E-state index contributed by atoms with van der Waals surface area (Å²) in [6.45, 7) is 0. The zero-order chi connectivity index (χ0) is 19.0. The van der Waals surface area contributed by atoms with Crippen molar-refractivity contribution < 1.29 is 14.1 Å². The number of hydrogen-bond donors (Lipinski definition) is 2. The first kappa shape index (κ1) is 16.5. The Hall–Kier alpha value is -4.00. The first-order valence-corrected chi connectivity index (χ1v) is 8.09. The molecule has 4 aromatic rings. The van der Waals surface area contributed by atoms with Gasteiger partial charge >= 0.3 is 0 Å². The number of hydrogen-bond acceptors (Lipinski definition) is 5. The average molecular weight is 359 g/mol. The van der Waals surface area contributed by atoms with Crippen LogP contribution >= 0.6 is 0 Å². The molecule has 3 aromatic carbocycles. The number of carbonyl (C=O) groups is 1. The molecule has 0 spiro atoms. The lowest BCUT2D eigenvalue weighted by atomic mass is 10.0. The van der Waals surface area contributed by atoms with Gasteiger partial charge in [0.2, 0.25) is 5.55 Å². The van der Waals surface area contributed by atoms with Crippen LogP contribution in [0.4, 0.5) is 11.4 Å². The number of nitro groups is 1. The second kappa shape index (κ2) is 6.38. The molecule has 1 aromatic heterocycles. The van der Waals surface area contributed by atoms with Gasteiger partial charge in [0.25, 0.3) is 11.6 Å². The van der Waals surface area contributed by atoms with Gasteiger partial charge in [-0.05, 0) is 29.0 Å². The van der Waals surface area contributed by atoms with Crippen LogP contribution in [0.5, 0.6) is 0 Å². The van der Waals surface area contributed by atoms with Crippen molar-refractivity contribution in [2.75, 3.05) is 5.32 Å². The van der Waals surface area contributed by atoms with Crippen LogP contribution in [0.1, 0.15) is 10.4 Å². The molecule has 132 valence electrons. The molecule has 7 heteroatoms. The molecule has 27 heavy (non-hydrogen) atoms. The fourth-order valence-corrected chi connectivity index (χ4v) is 2.99. The third-order valence-electron chi connectivity index (χ3n) is 4.27. The fourth-order valence-electron chi connectivity index (χ4n) is 2.99. The van der Waals surface area contributed by atoms with Crippen molar-refractivity contribution in [2.45, 2.75) is 0 Å². The maximum Gasteiger partial charge on any atom is 0.292 e. The number of fused-ring (bicyclic) bond motifs is 3. The monoisotopic (exact) mass is 359 g/mol. The molecule has 4 rings (SSSR count). The van der Waals surface area contributed by atoms with Crippen LogP contribution in [0.3, 0.4) is 0 Å². The van der Waals surface area contributed by atoms with E-state index in [1.807, 2.05) is 30.3 Å². The standard InChI is InChI=1S/C20H13N3O4/c21-19-15(20(24)22-16-7-3-4-8-17(16)23(25)26)11-14-13-6-2-1-5-12(13)9-10-18(14)27-19/h1-11,21H,(H,22,24). The van der Waals surface area contributed by atoms with Gasteiger partial charge in [-0.3, -0.25) is 20.3 Å². The van der Waals surface area contributed by atoms with Crippen molar-refractivity contribution in [3.63, 3.8) is 0 Å². The largest absolute Gasteiger partial charge is 0.438 e. The van der Waals surface area contributed by atoms with E-state index >= 15 is 0 Å². The minimum atomic E-state index is -0.645. The van der Waals surface area contributed by atoms with Gasteiger partial charge < -0.3 is 9.73 Å². The highest BCUT2D eigenvalue weighted by atomic mass is 16.6. The van der Waals surface area contributed by atoms with Crippen molar-refractivity contribution in [3.8, 4) is 0 Å². The normalized spacial score (nSPS) is 10.8. The van der Waals surface area contributed by atoms with Gasteiger partial charge in [-0.2, -0.15) is 0 Å². The van der Waals surface area contributed by atoms with E-state index in [1.54, 1.807) is 18.2 Å². The van der Waals surface area contributed by atoms with E-state index < -0.39 is 10.8 Å². The van der Waals surface area contributed by atoms with Gasteiger partial charge in [0.15, 0.2) is 0 Å². The summed E-state index contributed by atoms with van der Waals surface area (Å²) < 4.78 is 5.51. The summed E-state index contributed by atoms with van der Waals surface area (Å²) in [5, 5.41) is 24.2. The van der Waals surface area contributed by atoms with Gasteiger partial charge in [-0.1, -0.05) is 42.5 Å². The second-order valence-electron chi connectivity index (χ2n) is 5.92. The highest BCUT2D eigenvalue weighted by Crippen LogP contribution is 2.26. The van der Waals surface area contributed by atoms with Gasteiger partial charge in [0.05, 0.1) is 4.92 Å². The molecule has 0 fully saturated rings. The molecule has 0 saturated carbocycles. The number of carbonyl (C=O) groups excluding carboxylic acids is 1. The number of anilines is 1. The van der Waals surface area contributed by atoms with Crippen LogP contribution in [0.2, 0.25) is 0 Å². The number of rotatable bonds is 3. The zero-order valence-electron chi connectivity index (χ0n) is 13.9. The first-order chi connectivity index (χ1) is 13.0. The summed E-state index contributed by atoms with van der Waals surface area (Å²) in [6, 6.07) is 18.7. The van der Waals surface area contributed by atoms with Crippen LogP contribution in [0.25, 0.3) is 21.7 Å². The molecule has 0 unspecified atom stereocenters. The van der Waals surface area contributed by atoms with Crippen LogP contribution in [-0.4, -0.2) is 10.8 Å². The van der Waals surface area contributed by atoms with E-state index in [4.69, 9.17) is 9.83 Å². The highest BCUT2D eigenvalue weighted by molar-refractivity contribution is 6.10. The topological polar surface area (TPSA) is 109 Å². The van der Waals surface area contributed by atoms with Crippen molar-refractivity contribution in [3.05, 3.63) is 88.0 Å². The van der Waals surface area contributed by atoms with Crippen LogP contribution in [0, 0.1) is 15.5 Å². The lowest BCUT2D eigenvalue weighted by Crippen LogP contribution is -2.21. The van der Waals surface area contributed by atoms with Crippen LogP contribution < -0.4 is 10.9 Å². The Labute approximate surface area is 152 Å². The van der Waals surface area contributed by atoms with Crippen LogP contribution in [-0.2, 0) is 0 Å². The quantitative estimate of drug-likeness (QED) is 0.324. The number of nitro benzene ring substituents is 1. The van der Waals surface area contributed by atoms with Crippen molar-refractivity contribution in [1.29, 1.82) is 5.41 Å². The van der Waals surface area contributed by atoms with Gasteiger partial charge in [0, 0.05) is 11.5 Å². The molecule has 1 amide bonds. The molecule has 1 heterocycles. The molecule has 7 nitrogen and oxygen atoms in total. The Morgan fingerprint density at radius 3 is 2.56 bits per heavy atom. The Balaban J connectivity index is 1.83. The average Bonchev–Trinajstić information content (AvgIpc) is 2.67. The maximum absolute atomic E-state index is 12.7. The molecule has 0 saturated heterocycles. The van der Waals surface area contributed by atoms with Gasteiger partial charge in [0.1, 0.15) is 16.8 Å². The molecule has 0 aliphatic carbocycles. The summed E-state index contributed by atoms with van der Waals surface area (Å²) >= 11 is 0. The van der Waals surface area contributed by atoms with Crippen LogP contribution in [0.15, 0.2) is 71.1 Å². The van der Waals surface area contributed by atoms with Crippen molar-refractivity contribution in [1.82, 2.24) is 0 Å². The zero-order valence-corrected chi connectivity index (χ0v) is 13.9. The van der Waals surface area contributed by atoms with Crippen molar-refractivity contribution >= 4 is 39.0 Å². The second-order valence-corrected chi connectivity index (χ2v) is 5.92. The van der Waals surface area contributed by atoms with Gasteiger partial charge in [-0.25, -0.2) is 0 Å².